The second-order valence-corrected chi connectivity index (χ2v) is 6.51. The topological polar surface area (TPSA) is 64.8 Å². The third kappa shape index (κ3) is 4.64. The Labute approximate surface area is 154 Å². The highest BCUT2D eigenvalue weighted by Gasteiger charge is 2.27. The SMILES string of the molecule is CCOCC(=O)N1CCCC(c2ncc(Cc3ccc(OC)cc3)o2)C1. The summed E-state index contributed by atoms with van der Waals surface area (Å²) in [6.07, 6.45) is 4.43. The van der Waals surface area contributed by atoms with Gasteiger partial charge >= 0.3 is 0 Å². The molecule has 6 heteroatoms. The Bertz CT molecular complexity index is 711. The zero-order valence-electron chi connectivity index (χ0n) is 15.4. The van der Waals surface area contributed by atoms with Crippen molar-refractivity contribution in [2.24, 2.45) is 0 Å². The molecule has 1 amide bonds. The van der Waals surface area contributed by atoms with Crippen LogP contribution in [0.4, 0.5) is 0 Å². The van der Waals surface area contributed by atoms with Gasteiger partial charge in [0.2, 0.25) is 5.91 Å². The summed E-state index contributed by atoms with van der Waals surface area (Å²) in [6, 6.07) is 7.93. The molecule has 26 heavy (non-hydrogen) atoms. The van der Waals surface area contributed by atoms with Crippen LogP contribution in [-0.4, -0.2) is 49.2 Å². The maximum Gasteiger partial charge on any atom is 0.248 e. The highest BCUT2D eigenvalue weighted by molar-refractivity contribution is 5.77. The fourth-order valence-corrected chi connectivity index (χ4v) is 3.22. The molecule has 1 atom stereocenters. The minimum Gasteiger partial charge on any atom is -0.497 e. The molecule has 0 radical (unpaired) electrons. The summed E-state index contributed by atoms with van der Waals surface area (Å²) in [5.41, 5.74) is 1.14. The number of likely N-dealkylation sites (tertiary alicyclic amines) is 1. The zero-order valence-corrected chi connectivity index (χ0v) is 15.4. The monoisotopic (exact) mass is 358 g/mol. The first kappa shape index (κ1) is 18.5. The largest absolute Gasteiger partial charge is 0.497 e. The summed E-state index contributed by atoms with van der Waals surface area (Å²) in [7, 11) is 1.66. The lowest BCUT2D eigenvalue weighted by Gasteiger charge is -2.31. The number of ether oxygens (including phenoxy) is 2. The quantitative estimate of drug-likeness (QED) is 0.761. The Kier molecular flexibility index (Phi) is 6.28. The van der Waals surface area contributed by atoms with Gasteiger partial charge in [0, 0.05) is 26.1 Å². The highest BCUT2D eigenvalue weighted by Crippen LogP contribution is 2.27. The van der Waals surface area contributed by atoms with Crippen molar-refractivity contribution in [1.29, 1.82) is 0 Å². The molecule has 0 spiro atoms. The standard InChI is InChI=1S/C20H26N2O4/c1-3-25-14-19(23)22-10-4-5-16(13-22)20-21-12-18(26-20)11-15-6-8-17(24-2)9-7-15/h6-9,12,16H,3-5,10-11,13-14H2,1-2H3. The van der Waals surface area contributed by atoms with Crippen LogP contribution in [0.5, 0.6) is 5.75 Å². The lowest BCUT2D eigenvalue weighted by Crippen LogP contribution is -2.41. The lowest BCUT2D eigenvalue weighted by atomic mass is 9.98. The van der Waals surface area contributed by atoms with E-state index in [4.69, 9.17) is 13.9 Å². The van der Waals surface area contributed by atoms with Gasteiger partial charge in [0.1, 0.15) is 18.1 Å². The van der Waals surface area contributed by atoms with E-state index in [-0.39, 0.29) is 18.4 Å². The van der Waals surface area contributed by atoms with Crippen molar-refractivity contribution < 1.29 is 18.7 Å². The highest BCUT2D eigenvalue weighted by atomic mass is 16.5. The molecule has 0 N–H and O–H groups in total. The van der Waals surface area contributed by atoms with Crippen molar-refractivity contribution in [3.05, 3.63) is 47.7 Å². The minimum absolute atomic E-state index is 0.0431. The van der Waals surface area contributed by atoms with E-state index in [2.05, 4.69) is 4.98 Å². The molecule has 3 rings (SSSR count). The van der Waals surface area contributed by atoms with Crippen molar-refractivity contribution in [3.63, 3.8) is 0 Å². The van der Waals surface area contributed by atoms with Gasteiger partial charge < -0.3 is 18.8 Å². The van der Waals surface area contributed by atoms with Crippen LogP contribution in [-0.2, 0) is 16.0 Å². The number of carbonyl (C=O) groups excluding carboxylic acids is 1. The number of methoxy groups -OCH3 is 1. The van der Waals surface area contributed by atoms with Gasteiger partial charge in [-0.3, -0.25) is 4.79 Å². The number of rotatable bonds is 7. The summed E-state index contributed by atoms with van der Waals surface area (Å²) in [5.74, 6) is 2.59. The molecule has 2 aromatic rings. The van der Waals surface area contributed by atoms with Crippen LogP contribution in [0.3, 0.4) is 0 Å². The van der Waals surface area contributed by atoms with E-state index < -0.39 is 0 Å². The zero-order chi connectivity index (χ0) is 18.4. The van der Waals surface area contributed by atoms with E-state index in [0.717, 1.165) is 42.4 Å². The van der Waals surface area contributed by atoms with Crippen molar-refractivity contribution in [2.75, 3.05) is 33.4 Å². The van der Waals surface area contributed by atoms with Gasteiger partial charge in [-0.1, -0.05) is 12.1 Å². The summed E-state index contributed by atoms with van der Waals surface area (Å²) in [6.45, 7) is 4.02. The molecular weight excluding hydrogens is 332 g/mol. The maximum absolute atomic E-state index is 12.2. The first-order chi connectivity index (χ1) is 12.7. The maximum atomic E-state index is 12.2. The summed E-state index contributed by atoms with van der Waals surface area (Å²) >= 11 is 0. The molecule has 0 bridgehead atoms. The average molecular weight is 358 g/mol. The lowest BCUT2D eigenvalue weighted by molar-refractivity contribution is -0.137. The van der Waals surface area contributed by atoms with E-state index in [1.54, 1.807) is 13.3 Å². The van der Waals surface area contributed by atoms with E-state index in [1.807, 2.05) is 36.1 Å². The smallest absolute Gasteiger partial charge is 0.248 e. The fourth-order valence-electron chi connectivity index (χ4n) is 3.22. The van der Waals surface area contributed by atoms with Crippen LogP contribution >= 0.6 is 0 Å². The fraction of sp³-hybridized carbons (Fsp3) is 0.500. The van der Waals surface area contributed by atoms with Crippen molar-refractivity contribution >= 4 is 5.91 Å². The van der Waals surface area contributed by atoms with Gasteiger partial charge in [0.25, 0.3) is 0 Å². The third-order valence-electron chi connectivity index (χ3n) is 4.66. The summed E-state index contributed by atoms with van der Waals surface area (Å²) < 4.78 is 16.4. The van der Waals surface area contributed by atoms with E-state index >= 15 is 0 Å². The average Bonchev–Trinajstić information content (AvgIpc) is 3.15. The van der Waals surface area contributed by atoms with Crippen LogP contribution < -0.4 is 4.74 Å². The molecule has 0 aliphatic carbocycles. The molecule has 1 unspecified atom stereocenters. The number of oxazole rings is 1. The predicted octanol–water partition coefficient (Wildman–Crippen LogP) is 3.02. The molecule has 1 aromatic heterocycles. The van der Waals surface area contributed by atoms with E-state index in [0.29, 0.717) is 19.6 Å². The van der Waals surface area contributed by atoms with Crippen LogP contribution in [0, 0.1) is 0 Å². The second-order valence-electron chi connectivity index (χ2n) is 6.51. The molecule has 1 aliphatic heterocycles. The Morgan fingerprint density at radius 2 is 2.15 bits per heavy atom. The second kappa shape index (κ2) is 8.85. The molecule has 1 saturated heterocycles. The van der Waals surface area contributed by atoms with E-state index in [9.17, 15) is 4.79 Å². The van der Waals surface area contributed by atoms with Crippen LogP contribution in [0.1, 0.15) is 42.9 Å². The Morgan fingerprint density at radius 1 is 1.35 bits per heavy atom. The van der Waals surface area contributed by atoms with Crippen molar-refractivity contribution in [1.82, 2.24) is 9.88 Å². The number of hydrogen-bond donors (Lipinski definition) is 0. The molecule has 1 aromatic carbocycles. The molecule has 6 nitrogen and oxygen atoms in total. The summed E-state index contributed by atoms with van der Waals surface area (Å²) in [5, 5.41) is 0. The number of amides is 1. The molecule has 140 valence electrons. The van der Waals surface area contributed by atoms with Crippen LogP contribution in [0.25, 0.3) is 0 Å². The normalized spacial score (nSPS) is 17.3. The van der Waals surface area contributed by atoms with Gasteiger partial charge in [-0.2, -0.15) is 0 Å². The predicted molar refractivity (Wildman–Crippen MR) is 97.4 cm³/mol. The Morgan fingerprint density at radius 3 is 2.88 bits per heavy atom. The minimum atomic E-state index is 0.0431. The van der Waals surface area contributed by atoms with Crippen molar-refractivity contribution in [3.8, 4) is 5.75 Å². The summed E-state index contributed by atoms with van der Waals surface area (Å²) in [4.78, 5) is 18.5. The Hall–Kier alpha value is -2.34. The molecule has 1 aliphatic rings. The van der Waals surface area contributed by atoms with Gasteiger partial charge in [0.05, 0.1) is 19.2 Å². The first-order valence-corrected chi connectivity index (χ1v) is 9.12. The first-order valence-electron chi connectivity index (χ1n) is 9.12. The van der Waals surface area contributed by atoms with Crippen LogP contribution in [0.2, 0.25) is 0 Å². The van der Waals surface area contributed by atoms with Crippen molar-refractivity contribution in [2.45, 2.75) is 32.1 Å². The van der Waals surface area contributed by atoms with E-state index in [1.165, 1.54) is 0 Å². The van der Waals surface area contributed by atoms with Gasteiger partial charge in [-0.25, -0.2) is 4.98 Å². The number of piperidine rings is 1. The van der Waals surface area contributed by atoms with Gasteiger partial charge in [-0.15, -0.1) is 0 Å². The number of hydrogen-bond acceptors (Lipinski definition) is 5. The third-order valence-corrected chi connectivity index (χ3v) is 4.66. The Balaban J connectivity index is 1.60. The van der Waals surface area contributed by atoms with Gasteiger partial charge in [0.15, 0.2) is 5.89 Å². The van der Waals surface area contributed by atoms with Crippen LogP contribution in [0.15, 0.2) is 34.9 Å². The molecular formula is C20H26N2O4. The van der Waals surface area contributed by atoms with Gasteiger partial charge in [-0.05, 0) is 37.5 Å². The molecule has 0 saturated carbocycles. The molecule has 2 heterocycles. The number of benzene rings is 1. The number of aromatic nitrogens is 1. The molecule has 1 fully saturated rings. The number of carbonyl (C=O) groups is 1. The number of nitrogens with zero attached hydrogens (tertiary/aromatic N) is 2.